The second kappa shape index (κ2) is 7.14. The monoisotopic (exact) mass is 316 g/mol. The number of nitrogens with one attached hydrogen (secondary N) is 2. The Bertz CT molecular complexity index is 719. The summed E-state index contributed by atoms with van der Waals surface area (Å²) in [6.45, 7) is 0. The van der Waals surface area contributed by atoms with Crippen molar-refractivity contribution in [1.82, 2.24) is 5.43 Å². The van der Waals surface area contributed by atoms with Gasteiger partial charge >= 0.3 is 5.69 Å². The fourth-order valence-electron chi connectivity index (χ4n) is 1.61. The Morgan fingerprint density at radius 2 is 2.00 bits per heavy atom. The first-order chi connectivity index (χ1) is 10.6. The van der Waals surface area contributed by atoms with Crippen LogP contribution in [0, 0.1) is 10.1 Å². The summed E-state index contributed by atoms with van der Waals surface area (Å²) in [7, 11) is 0. The van der Waals surface area contributed by atoms with Crippen LogP contribution in [0.3, 0.4) is 0 Å². The van der Waals surface area contributed by atoms with Gasteiger partial charge in [-0.3, -0.25) is 15.5 Å². The number of thiocarbonyl (C=S) groups is 1. The molecular weight excluding hydrogens is 304 g/mol. The lowest BCUT2D eigenvalue weighted by Gasteiger charge is -2.06. The van der Waals surface area contributed by atoms with Crippen molar-refractivity contribution in [1.29, 1.82) is 0 Å². The largest absolute Gasteiger partial charge is 0.502 e. The van der Waals surface area contributed by atoms with Gasteiger partial charge in [-0.15, -0.1) is 0 Å². The molecule has 2 rings (SSSR count). The van der Waals surface area contributed by atoms with E-state index >= 15 is 0 Å². The Hall–Kier alpha value is -3.00. The molecule has 0 bridgehead atoms. The predicted octanol–water partition coefficient (Wildman–Crippen LogP) is 2.62. The first kappa shape index (κ1) is 15.4. The fraction of sp³-hybridized carbons (Fsp3) is 0. The molecule has 0 aliphatic heterocycles. The summed E-state index contributed by atoms with van der Waals surface area (Å²) in [6, 6.07) is 13.3. The molecule has 0 radical (unpaired) electrons. The normalized spacial score (nSPS) is 10.4. The third-order valence-electron chi connectivity index (χ3n) is 2.61. The Morgan fingerprint density at radius 1 is 1.27 bits per heavy atom. The quantitative estimate of drug-likeness (QED) is 0.347. The number of rotatable bonds is 4. The van der Waals surface area contributed by atoms with Crippen molar-refractivity contribution in [3.8, 4) is 5.75 Å². The number of benzene rings is 2. The summed E-state index contributed by atoms with van der Waals surface area (Å²) in [5.41, 5.74) is 3.49. The molecule has 0 saturated carbocycles. The summed E-state index contributed by atoms with van der Waals surface area (Å²) < 4.78 is 0. The molecular formula is C14H12N4O3S. The number of nitrogens with zero attached hydrogens (tertiary/aromatic N) is 2. The molecule has 0 atom stereocenters. The number of anilines is 1. The number of hydrogen-bond acceptors (Lipinski definition) is 5. The van der Waals surface area contributed by atoms with E-state index in [2.05, 4.69) is 15.8 Å². The highest BCUT2D eigenvalue weighted by molar-refractivity contribution is 7.80. The summed E-state index contributed by atoms with van der Waals surface area (Å²) in [5.74, 6) is -0.392. The molecule has 0 aliphatic carbocycles. The third kappa shape index (κ3) is 4.25. The number of phenolic OH excluding ortho intramolecular Hbond substituents is 1. The highest BCUT2D eigenvalue weighted by Gasteiger charge is 2.12. The minimum Gasteiger partial charge on any atom is -0.502 e. The van der Waals surface area contributed by atoms with Crippen LogP contribution in [-0.2, 0) is 0 Å². The molecule has 2 aromatic rings. The Kier molecular flexibility index (Phi) is 4.99. The maximum Gasteiger partial charge on any atom is 0.311 e. The number of hydrazone groups is 1. The van der Waals surface area contributed by atoms with Gasteiger partial charge in [0.05, 0.1) is 11.1 Å². The van der Waals surface area contributed by atoms with E-state index in [-0.39, 0.29) is 10.8 Å². The minimum atomic E-state index is -0.665. The molecule has 0 amide bonds. The van der Waals surface area contributed by atoms with E-state index in [1.807, 2.05) is 30.3 Å². The van der Waals surface area contributed by atoms with Crippen LogP contribution in [0.2, 0.25) is 0 Å². The van der Waals surface area contributed by atoms with Gasteiger partial charge in [-0.2, -0.15) is 5.10 Å². The first-order valence-corrected chi connectivity index (χ1v) is 6.59. The van der Waals surface area contributed by atoms with Crippen LogP contribution >= 0.6 is 12.2 Å². The average molecular weight is 316 g/mol. The van der Waals surface area contributed by atoms with Gasteiger partial charge in [-0.05, 0) is 36.5 Å². The molecule has 2 aromatic carbocycles. The molecule has 22 heavy (non-hydrogen) atoms. The highest BCUT2D eigenvalue weighted by Crippen LogP contribution is 2.25. The van der Waals surface area contributed by atoms with Crippen molar-refractivity contribution in [2.45, 2.75) is 0 Å². The zero-order valence-electron chi connectivity index (χ0n) is 11.3. The van der Waals surface area contributed by atoms with Crippen molar-refractivity contribution in [3.05, 3.63) is 64.2 Å². The Labute approximate surface area is 131 Å². The van der Waals surface area contributed by atoms with Gasteiger partial charge in [0.25, 0.3) is 0 Å². The molecule has 0 aromatic heterocycles. The SMILES string of the molecule is O=[N+]([O-])c1cc(C=NNC(=S)Nc2ccccc2)ccc1O. The van der Waals surface area contributed by atoms with Crippen LogP contribution in [0.5, 0.6) is 5.75 Å². The first-order valence-electron chi connectivity index (χ1n) is 6.19. The number of phenols is 1. The van der Waals surface area contributed by atoms with Crippen molar-refractivity contribution >= 4 is 34.9 Å². The highest BCUT2D eigenvalue weighted by atomic mass is 32.1. The number of aromatic hydroxyl groups is 1. The van der Waals surface area contributed by atoms with Gasteiger partial charge in [0.15, 0.2) is 10.9 Å². The molecule has 0 fully saturated rings. The molecule has 0 saturated heterocycles. The summed E-state index contributed by atoms with van der Waals surface area (Å²) >= 11 is 5.06. The molecule has 3 N–H and O–H groups in total. The smallest absolute Gasteiger partial charge is 0.311 e. The second-order valence-corrected chi connectivity index (χ2v) is 4.60. The van der Waals surface area contributed by atoms with Crippen LogP contribution in [0.15, 0.2) is 53.6 Å². The number of nitro benzene ring substituents is 1. The van der Waals surface area contributed by atoms with E-state index in [4.69, 9.17) is 12.2 Å². The fourth-order valence-corrected chi connectivity index (χ4v) is 1.78. The van der Waals surface area contributed by atoms with E-state index in [0.29, 0.717) is 5.56 Å². The van der Waals surface area contributed by atoms with E-state index in [1.165, 1.54) is 24.4 Å². The minimum absolute atomic E-state index is 0.288. The standard InChI is InChI=1S/C14H12N4O3S/c19-13-7-6-10(8-12(13)18(20)21)9-15-17-14(22)16-11-4-2-1-3-5-11/h1-9,19H,(H2,16,17,22). The molecule has 8 heteroatoms. The number of para-hydroxylation sites is 1. The van der Waals surface area contributed by atoms with Gasteiger partial charge in [0, 0.05) is 17.3 Å². The van der Waals surface area contributed by atoms with Crippen LogP contribution in [-0.4, -0.2) is 21.4 Å². The maximum atomic E-state index is 10.7. The molecule has 112 valence electrons. The van der Waals surface area contributed by atoms with Crippen molar-refractivity contribution in [2.75, 3.05) is 5.32 Å². The zero-order valence-corrected chi connectivity index (χ0v) is 12.1. The van der Waals surface area contributed by atoms with Crippen molar-refractivity contribution in [2.24, 2.45) is 5.10 Å². The van der Waals surface area contributed by atoms with Crippen molar-refractivity contribution in [3.63, 3.8) is 0 Å². The number of nitro groups is 1. The lowest BCUT2D eigenvalue weighted by molar-refractivity contribution is -0.385. The predicted molar refractivity (Wildman–Crippen MR) is 88.2 cm³/mol. The molecule has 7 nitrogen and oxygen atoms in total. The maximum absolute atomic E-state index is 10.7. The van der Waals surface area contributed by atoms with Crippen LogP contribution in [0.1, 0.15) is 5.56 Å². The van der Waals surface area contributed by atoms with E-state index in [9.17, 15) is 15.2 Å². The Balaban J connectivity index is 1.96. The molecule has 0 unspecified atom stereocenters. The van der Waals surface area contributed by atoms with Gasteiger partial charge in [0.1, 0.15) is 0 Å². The molecule has 0 aliphatic rings. The Morgan fingerprint density at radius 3 is 2.68 bits per heavy atom. The summed E-state index contributed by atoms with van der Waals surface area (Å²) in [6.07, 6.45) is 1.37. The van der Waals surface area contributed by atoms with Gasteiger partial charge in [0.2, 0.25) is 0 Å². The van der Waals surface area contributed by atoms with Gasteiger partial charge in [-0.25, -0.2) is 0 Å². The summed E-state index contributed by atoms with van der Waals surface area (Å²) in [5, 5.41) is 27.2. The topological polar surface area (TPSA) is 99.8 Å². The van der Waals surface area contributed by atoms with E-state index < -0.39 is 10.7 Å². The third-order valence-corrected chi connectivity index (χ3v) is 2.80. The zero-order chi connectivity index (χ0) is 15.9. The van der Waals surface area contributed by atoms with Gasteiger partial charge < -0.3 is 10.4 Å². The lowest BCUT2D eigenvalue weighted by Crippen LogP contribution is -2.23. The summed E-state index contributed by atoms with van der Waals surface area (Å²) in [4.78, 5) is 10.0. The average Bonchev–Trinajstić information content (AvgIpc) is 2.49. The van der Waals surface area contributed by atoms with Crippen LogP contribution < -0.4 is 10.7 Å². The molecule has 0 spiro atoms. The molecule has 0 heterocycles. The second-order valence-electron chi connectivity index (χ2n) is 4.20. The number of hydrogen-bond donors (Lipinski definition) is 3. The van der Waals surface area contributed by atoms with Crippen molar-refractivity contribution < 1.29 is 10.0 Å². The van der Waals surface area contributed by atoms with Crippen LogP contribution in [0.25, 0.3) is 0 Å². The van der Waals surface area contributed by atoms with Gasteiger partial charge in [-0.1, -0.05) is 18.2 Å². The van der Waals surface area contributed by atoms with Crippen LogP contribution in [0.4, 0.5) is 11.4 Å². The lowest BCUT2D eigenvalue weighted by atomic mass is 10.2. The van der Waals surface area contributed by atoms with E-state index in [0.717, 1.165) is 5.69 Å². The van der Waals surface area contributed by atoms with E-state index in [1.54, 1.807) is 0 Å².